The van der Waals surface area contributed by atoms with Crippen LogP contribution in [0.15, 0.2) is 6.07 Å². The second-order valence-corrected chi connectivity index (χ2v) is 2.54. The minimum Gasteiger partial charge on any atom is -0.327 e. The fourth-order valence-corrected chi connectivity index (χ4v) is 0.862. The van der Waals surface area contributed by atoms with E-state index in [0.29, 0.717) is 5.69 Å². The van der Waals surface area contributed by atoms with Crippen LogP contribution in [-0.4, -0.2) is 16.3 Å². The molecule has 0 bridgehead atoms. The number of nitrogens with two attached hydrogens (primary N) is 1. The van der Waals surface area contributed by atoms with Crippen LogP contribution in [0.2, 0.25) is 0 Å². The van der Waals surface area contributed by atoms with Crippen molar-refractivity contribution in [3.8, 4) is 0 Å². The fourth-order valence-electron chi connectivity index (χ4n) is 0.862. The Kier molecular flexibility index (Phi) is 2.24. The van der Waals surface area contributed by atoms with Gasteiger partial charge in [-0.2, -0.15) is 5.10 Å². The van der Waals surface area contributed by atoms with Crippen LogP contribution in [0.5, 0.6) is 0 Å². The van der Waals surface area contributed by atoms with Crippen LogP contribution in [0.3, 0.4) is 0 Å². The summed E-state index contributed by atoms with van der Waals surface area (Å²) < 4.78 is 14.5. The highest BCUT2D eigenvalue weighted by molar-refractivity contribution is 5.11. The van der Waals surface area contributed by atoms with Crippen molar-refractivity contribution in [2.75, 3.05) is 6.54 Å². The van der Waals surface area contributed by atoms with E-state index in [2.05, 4.69) is 5.10 Å². The molecule has 0 aliphatic rings. The van der Waals surface area contributed by atoms with Gasteiger partial charge in [-0.1, -0.05) is 0 Å². The van der Waals surface area contributed by atoms with Crippen LogP contribution >= 0.6 is 0 Å². The molecule has 0 amide bonds. The average Bonchev–Trinajstić information content (AvgIpc) is 2.31. The summed E-state index contributed by atoms with van der Waals surface area (Å²) in [7, 11) is 1.78. The maximum absolute atomic E-state index is 12.9. The molecule has 1 atom stereocenters. The molecule has 0 saturated carbocycles. The molecule has 4 heteroatoms. The van der Waals surface area contributed by atoms with Crippen molar-refractivity contribution in [1.29, 1.82) is 0 Å². The third kappa shape index (κ3) is 1.57. The predicted octanol–water partition coefficient (Wildman–Crippen LogP) is 0.698. The Morgan fingerprint density at radius 3 is 2.82 bits per heavy atom. The Bertz CT molecular complexity index is 224. The number of nitrogens with zero attached hydrogens (tertiary/aromatic N) is 2. The predicted molar refractivity (Wildman–Crippen MR) is 40.8 cm³/mol. The van der Waals surface area contributed by atoms with E-state index in [1.54, 1.807) is 17.8 Å². The molecule has 0 fully saturated rings. The number of alkyl halides is 1. The van der Waals surface area contributed by atoms with E-state index in [1.807, 2.05) is 6.92 Å². The van der Waals surface area contributed by atoms with Crippen molar-refractivity contribution in [1.82, 2.24) is 9.78 Å². The summed E-state index contributed by atoms with van der Waals surface area (Å²) in [6.45, 7) is 1.87. The molecule has 11 heavy (non-hydrogen) atoms. The maximum Gasteiger partial charge on any atom is 0.156 e. The molecule has 1 heterocycles. The van der Waals surface area contributed by atoms with Gasteiger partial charge in [-0.25, -0.2) is 4.39 Å². The molecule has 0 spiro atoms. The Hall–Kier alpha value is -0.900. The van der Waals surface area contributed by atoms with Crippen molar-refractivity contribution in [2.24, 2.45) is 12.8 Å². The average molecular weight is 157 g/mol. The van der Waals surface area contributed by atoms with Crippen molar-refractivity contribution in [3.05, 3.63) is 17.5 Å². The van der Waals surface area contributed by atoms with E-state index in [0.717, 1.165) is 5.69 Å². The standard InChI is InChI=1S/C7H12FN3/c1-5-3-7(6(8)4-9)10-11(5)2/h3,6H,4,9H2,1-2H3. The zero-order valence-electron chi connectivity index (χ0n) is 6.71. The van der Waals surface area contributed by atoms with Crippen LogP contribution < -0.4 is 5.73 Å². The Morgan fingerprint density at radius 2 is 2.45 bits per heavy atom. The maximum atomic E-state index is 12.9. The van der Waals surface area contributed by atoms with Gasteiger partial charge in [0.15, 0.2) is 6.17 Å². The van der Waals surface area contributed by atoms with Crippen LogP contribution in [0.25, 0.3) is 0 Å². The highest BCUT2D eigenvalue weighted by atomic mass is 19.1. The lowest BCUT2D eigenvalue weighted by molar-refractivity contribution is 0.342. The van der Waals surface area contributed by atoms with E-state index in [4.69, 9.17) is 5.73 Å². The summed E-state index contributed by atoms with van der Waals surface area (Å²) in [5.74, 6) is 0. The summed E-state index contributed by atoms with van der Waals surface area (Å²) in [5, 5.41) is 3.94. The topological polar surface area (TPSA) is 43.8 Å². The second kappa shape index (κ2) is 3.00. The molecule has 1 aromatic heterocycles. The molecule has 0 aliphatic carbocycles. The third-order valence-corrected chi connectivity index (χ3v) is 1.66. The Morgan fingerprint density at radius 1 is 1.82 bits per heavy atom. The van der Waals surface area contributed by atoms with E-state index in [-0.39, 0.29) is 6.54 Å². The lowest BCUT2D eigenvalue weighted by atomic mass is 10.2. The van der Waals surface area contributed by atoms with Crippen molar-refractivity contribution >= 4 is 0 Å². The zero-order chi connectivity index (χ0) is 8.43. The van der Waals surface area contributed by atoms with Gasteiger partial charge in [0.25, 0.3) is 0 Å². The third-order valence-electron chi connectivity index (χ3n) is 1.66. The van der Waals surface area contributed by atoms with Crippen LogP contribution in [0, 0.1) is 6.92 Å². The smallest absolute Gasteiger partial charge is 0.156 e. The first-order valence-corrected chi connectivity index (χ1v) is 3.50. The molecule has 0 saturated heterocycles. The Balaban J connectivity index is 2.88. The van der Waals surface area contributed by atoms with E-state index >= 15 is 0 Å². The number of rotatable bonds is 2. The summed E-state index contributed by atoms with van der Waals surface area (Å²) in [6, 6.07) is 1.71. The van der Waals surface area contributed by atoms with Gasteiger partial charge in [0.2, 0.25) is 0 Å². The second-order valence-electron chi connectivity index (χ2n) is 2.54. The molecule has 62 valence electrons. The van der Waals surface area contributed by atoms with Crippen molar-refractivity contribution in [2.45, 2.75) is 13.1 Å². The molecule has 2 N–H and O–H groups in total. The van der Waals surface area contributed by atoms with Crippen molar-refractivity contribution in [3.63, 3.8) is 0 Å². The molecular weight excluding hydrogens is 145 g/mol. The summed E-state index contributed by atoms with van der Waals surface area (Å²) in [6.07, 6.45) is -1.13. The summed E-state index contributed by atoms with van der Waals surface area (Å²) >= 11 is 0. The van der Waals surface area contributed by atoms with Crippen molar-refractivity contribution < 1.29 is 4.39 Å². The van der Waals surface area contributed by atoms with Gasteiger partial charge in [0, 0.05) is 19.3 Å². The quantitative estimate of drug-likeness (QED) is 0.686. The lowest BCUT2D eigenvalue weighted by Gasteiger charge is -1.97. The number of aryl methyl sites for hydroxylation is 2. The van der Waals surface area contributed by atoms with Gasteiger partial charge in [0.1, 0.15) is 0 Å². The van der Waals surface area contributed by atoms with E-state index in [1.165, 1.54) is 0 Å². The van der Waals surface area contributed by atoms with E-state index in [9.17, 15) is 4.39 Å². The molecule has 3 nitrogen and oxygen atoms in total. The number of hydrogen-bond donors (Lipinski definition) is 1. The number of halogens is 1. The number of hydrogen-bond acceptors (Lipinski definition) is 2. The van der Waals surface area contributed by atoms with Crippen LogP contribution in [0.4, 0.5) is 4.39 Å². The first-order valence-electron chi connectivity index (χ1n) is 3.50. The van der Waals surface area contributed by atoms with Crippen LogP contribution in [0.1, 0.15) is 17.6 Å². The highest BCUT2D eigenvalue weighted by Gasteiger charge is 2.11. The molecule has 1 aromatic rings. The molecule has 0 aliphatic heterocycles. The zero-order valence-corrected chi connectivity index (χ0v) is 6.71. The summed E-state index contributed by atoms with van der Waals surface area (Å²) in [5.41, 5.74) is 6.50. The molecule has 0 aromatic carbocycles. The highest BCUT2D eigenvalue weighted by Crippen LogP contribution is 2.14. The van der Waals surface area contributed by atoms with Crippen LogP contribution in [-0.2, 0) is 7.05 Å². The van der Waals surface area contributed by atoms with Gasteiger partial charge in [-0.3, -0.25) is 4.68 Å². The minimum atomic E-state index is -1.13. The Labute approximate surface area is 65.0 Å². The van der Waals surface area contributed by atoms with Gasteiger partial charge >= 0.3 is 0 Å². The van der Waals surface area contributed by atoms with Gasteiger partial charge in [-0.15, -0.1) is 0 Å². The number of aromatic nitrogens is 2. The SMILES string of the molecule is Cc1cc(C(F)CN)nn1C. The normalized spacial score (nSPS) is 13.5. The molecular formula is C7H12FN3. The lowest BCUT2D eigenvalue weighted by Crippen LogP contribution is -2.08. The van der Waals surface area contributed by atoms with Gasteiger partial charge < -0.3 is 5.73 Å². The first-order chi connectivity index (χ1) is 5.15. The monoisotopic (exact) mass is 157 g/mol. The summed E-state index contributed by atoms with van der Waals surface area (Å²) in [4.78, 5) is 0. The molecule has 1 rings (SSSR count). The first kappa shape index (κ1) is 8.20. The van der Waals surface area contributed by atoms with E-state index < -0.39 is 6.17 Å². The fraction of sp³-hybridized carbons (Fsp3) is 0.571. The van der Waals surface area contributed by atoms with Gasteiger partial charge in [0.05, 0.1) is 5.69 Å². The molecule has 1 unspecified atom stereocenters. The minimum absolute atomic E-state index is 0.00352. The molecule has 0 radical (unpaired) electrons. The van der Waals surface area contributed by atoms with Gasteiger partial charge in [-0.05, 0) is 13.0 Å². The largest absolute Gasteiger partial charge is 0.327 e.